The number of pyridine rings is 1. The van der Waals surface area contributed by atoms with Gasteiger partial charge >= 0.3 is 0 Å². The minimum atomic E-state index is -0.209. The van der Waals surface area contributed by atoms with E-state index < -0.39 is 0 Å². The molecule has 0 N–H and O–H groups in total. The van der Waals surface area contributed by atoms with Gasteiger partial charge in [-0.2, -0.15) is 0 Å². The Balaban J connectivity index is 1.92. The number of benzene rings is 1. The number of likely N-dealkylation sites (N-methyl/N-ethyl adjacent to an activating group) is 1. The van der Waals surface area contributed by atoms with Crippen molar-refractivity contribution in [1.82, 2.24) is 14.3 Å². The molecule has 29 heavy (non-hydrogen) atoms. The molecule has 1 saturated heterocycles. The molecular weight excluding hydrogens is 422 g/mol. The summed E-state index contributed by atoms with van der Waals surface area (Å²) in [7, 11) is 0. The molecule has 146 valence electrons. The maximum Gasteiger partial charge on any atom is 0.266 e. The van der Waals surface area contributed by atoms with Gasteiger partial charge in [0.2, 0.25) is 0 Å². The minimum absolute atomic E-state index is 0.174. The van der Waals surface area contributed by atoms with E-state index in [9.17, 15) is 9.59 Å². The number of hydrogen-bond donors (Lipinski definition) is 0. The van der Waals surface area contributed by atoms with Crippen LogP contribution < -0.4 is 5.56 Å². The zero-order valence-corrected chi connectivity index (χ0v) is 18.2. The summed E-state index contributed by atoms with van der Waals surface area (Å²) in [6.45, 7) is 4.30. The van der Waals surface area contributed by atoms with Gasteiger partial charge in [0.15, 0.2) is 0 Å². The first kappa shape index (κ1) is 19.9. The molecule has 0 saturated carbocycles. The topological polar surface area (TPSA) is 54.7 Å². The predicted molar refractivity (Wildman–Crippen MR) is 122 cm³/mol. The third-order valence-corrected chi connectivity index (χ3v) is 6.86. The second-order valence-corrected chi connectivity index (χ2v) is 9.10. The van der Waals surface area contributed by atoms with E-state index in [1.165, 1.54) is 32.8 Å². The molecule has 1 aromatic carbocycles. The summed E-state index contributed by atoms with van der Waals surface area (Å²) in [5, 5.41) is 0.567. The molecule has 3 heterocycles. The fourth-order valence-electron chi connectivity index (χ4n) is 3.00. The molecule has 0 radical (unpaired) electrons. The first-order valence-corrected chi connectivity index (χ1v) is 11.0. The standard InChI is InChI=1S/C21H17N3O2S3/c1-3-23-20(26)16(29-21(23)27)12-15-18(28-14-9-5-4-6-10-14)22-17-13(2)8-7-11-24(17)19(15)25/h4-12H,3H2,1-2H3. The van der Waals surface area contributed by atoms with Gasteiger partial charge in [0.1, 0.15) is 15.0 Å². The van der Waals surface area contributed by atoms with E-state index >= 15 is 0 Å². The zero-order valence-electron chi connectivity index (χ0n) is 15.8. The number of thioether (sulfide) groups is 1. The second-order valence-electron chi connectivity index (χ2n) is 6.36. The van der Waals surface area contributed by atoms with Crippen LogP contribution in [0.5, 0.6) is 0 Å². The average molecular weight is 440 g/mol. The van der Waals surface area contributed by atoms with Crippen LogP contribution in [0.2, 0.25) is 0 Å². The van der Waals surface area contributed by atoms with E-state index in [0.717, 1.165) is 10.5 Å². The van der Waals surface area contributed by atoms with Crippen molar-refractivity contribution in [2.24, 2.45) is 0 Å². The molecule has 1 aliphatic rings. The number of rotatable bonds is 4. The summed E-state index contributed by atoms with van der Waals surface area (Å²) in [6.07, 6.45) is 3.33. The van der Waals surface area contributed by atoms with Gasteiger partial charge in [-0.05, 0) is 43.7 Å². The molecular formula is C21H17N3O2S3. The molecule has 0 atom stereocenters. The van der Waals surface area contributed by atoms with Crippen LogP contribution >= 0.6 is 35.7 Å². The molecule has 0 bridgehead atoms. The van der Waals surface area contributed by atoms with Crippen molar-refractivity contribution in [3.05, 3.63) is 75.0 Å². The number of amides is 1. The molecule has 2 aromatic heterocycles. The quantitative estimate of drug-likeness (QED) is 0.342. The summed E-state index contributed by atoms with van der Waals surface area (Å²) in [6, 6.07) is 13.5. The Morgan fingerprint density at radius 2 is 1.93 bits per heavy atom. The van der Waals surface area contributed by atoms with E-state index in [-0.39, 0.29) is 11.5 Å². The molecule has 0 unspecified atom stereocenters. The van der Waals surface area contributed by atoms with E-state index in [2.05, 4.69) is 0 Å². The molecule has 1 aliphatic heterocycles. The van der Waals surface area contributed by atoms with Crippen molar-refractivity contribution in [1.29, 1.82) is 0 Å². The normalized spacial score (nSPS) is 15.7. The lowest BCUT2D eigenvalue weighted by atomic mass is 10.2. The highest BCUT2D eigenvalue weighted by molar-refractivity contribution is 8.26. The first-order valence-electron chi connectivity index (χ1n) is 9.00. The number of carbonyl (C=O) groups excluding carboxylic acids is 1. The highest BCUT2D eigenvalue weighted by Gasteiger charge is 2.31. The molecule has 1 amide bonds. The molecule has 4 rings (SSSR count). The SMILES string of the molecule is CCN1C(=O)C(=Cc2c(Sc3ccccc3)nc3c(C)cccn3c2=O)SC1=S. The number of carbonyl (C=O) groups is 1. The van der Waals surface area contributed by atoms with Crippen molar-refractivity contribution in [3.63, 3.8) is 0 Å². The summed E-state index contributed by atoms with van der Waals surface area (Å²) in [5.74, 6) is -0.174. The minimum Gasteiger partial charge on any atom is -0.293 e. The number of aryl methyl sites for hydroxylation is 1. The molecule has 1 fully saturated rings. The van der Waals surface area contributed by atoms with Gasteiger partial charge in [-0.1, -0.05) is 60.0 Å². The summed E-state index contributed by atoms with van der Waals surface area (Å²) in [5.41, 5.74) is 1.69. The van der Waals surface area contributed by atoms with Crippen LogP contribution in [0.4, 0.5) is 0 Å². The maximum atomic E-state index is 13.3. The van der Waals surface area contributed by atoms with Crippen LogP contribution in [0.1, 0.15) is 18.1 Å². The van der Waals surface area contributed by atoms with Crippen LogP contribution in [0.3, 0.4) is 0 Å². The fraction of sp³-hybridized carbons (Fsp3) is 0.143. The summed E-state index contributed by atoms with van der Waals surface area (Å²) < 4.78 is 2.03. The van der Waals surface area contributed by atoms with Gasteiger partial charge in [0, 0.05) is 17.6 Å². The Labute approximate surface area is 181 Å². The summed E-state index contributed by atoms with van der Waals surface area (Å²) >= 11 is 7.92. The molecule has 8 heteroatoms. The zero-order chi connectivity index (χ0) is 20.5. The van der Waals surface area contributed by atoms with Gasteiger partial charge in [-0.15, -0.1) is 0 Å². The van der Waals surface area contributed by atoms with Gasteiger partial charge in [0.05, 0.1) is 10.5 Å². The van der Waals surface area contributed by atoms with Gasteiger partial charge in [-0.3, -0.25) is 18.9 Å². The van der Waals surface area contributed by atoms with E-state index in [0.29, 0.717) is 32.0 Å². The van der Waals surface area contributed by atoms with Crippen LogP contribution in [0.25, 0.3) is 11.7 Å². The van der Waals surface area contributed by atoms with Crippen molar-refractivity contribution in [2.45, 2.75) is 23.8 Å². The number of nitrogens with zero attached hydrogens (tertiary/aromatic N) is 3. The van der Waals surface area contributed by atoms with Crippen molar-refractivity contribution >= 4 is 57.7 Å². The Bertz CT molecular complexity index is 1220. The second kappa shape index (κ2) is 8.14. The molecule has 0 spiro atoms. The van der Waals surface area contributed by atoms with E-state index in [1.807, 2.05) is 56.3 Å². The average Bonchev–Trinajstić information content (AvgIpc) is 2.99. The molecule has 3 aromatic rings. The van der Waals surface area contributed by atoms with Gasteiger partial charge in [0.25, 0.3) is 11.5 Å². The highest BCUT2D eigenvalue weighted by atomic mass is 32.2. The lowest BCUT2D eigenvalue weighted by Gasteiger charge is -2.11. The van der Waals surface area contributed by atoms with Crippen LogP contribution in [-0.4, -0.2) is 31.1 Å². The van der Waals surface area contributed by atoms with E-state index in [4.69, 9.17) is 17.2 Å². The number of fused-ring (bicyclic) bond motifs is 1. The third kappa shape index (κ3) is 3.75. The van der Waals surface area contributed by atoms with Crippen LogP contribution in [-0.2, 0) is 4.79 Å². The Kier molecular flexibility index (Phi) is 5.58. The lowest BCUT2D eigenvalue weighted by Crippen LogP contribution is -2.27. The van der Waals surface area contributed by atoms with Crippen LogP contribution in [0.15, 0.2) is 68.3 Å². The smallest absolute Gasteiger partial charge is 0.266 e. The maximum absolute atomic E-state index is 13.3. The van der Waals surface area contributed by atoms with Crippen molar-refractivity contribution < 1.29 is 4.79 Å². The van der Waals surface area contributed by atoms with Crippen LogP contribution in [0, 0.1) is 6.92 Å². The number of thiocarbonyl (C=S) groups is 1. The Morgan fingerprint density at radius 1 is 1.17 bits per heavy atom. The Hall–Kier alpha value is -2.42. The van der Waals surface area contributed by atoms with Crippen molar-refractivity contribution in [2.75, 3.05) is 6.54 Å². The molecule has 0 aliphatic carbocycles. The largest absolute Gasteiger partial charge is 0.293 e. The summed E-state index contributed by atoms with van der Waals surface area (Å²) in [4.78, 5) is 33.7. The third-order valence-electron chi connectivity index (χ3n) is 4.47. The van der Waals surface area contributed by atoms with E-state index in [1.54, 1.807) is 12.3 Å². The molecule has 5 nitrogen and oxygen atoms in total. The number of aromatic nitrogens is 2. The highest BCUT2D eigenvalue weighted by Crippen LogP contribution is 2.34. The first-order chi connectivity index (χ1) is 14.0. The number of hydrogen-bond acceptors (Lipinski definition) is 6. The van der Waals surface area contributed by atoms with Gasteiger partial charge < -0.3 is 0 Å². The van der Waals surface area contributed by atoms with Gasteiger partial charge in [-0.25, -0.2) is 4.98 Å². The van der Waals surface area contributed by atoms with Crippen molar-refractivity contribution in [3.8, 4) is 0 Å². The monoisotopic (exact) mass is 439 g/mol. The fourth-order valence-corrected chi connectivity index (χ4v) is 5.27. The Morgan fingerprint density at radius 3 is 2.62 bits per heavy atom. The lowest BCUT2D eigenvalue weighted by molar-refractivity contribution is -0.121. The predicted octanol–water partition coefficient (Wildman–Crippen LogP) is 4.38.